The van der Waals surface area contributed by atoms with E-state index in [4.69, 9.17) is 14.2 Å². The van der Waals surface area contributed by atoms with Gasteiger partial charge in [-0.1, -0.05) is 42.2 Å². The molecule has 0 spiro atoms. The van der Waals surface area contributed by atoms with Crippen LogP contribution in [0, 0.1) is 0 Å². The summed E-state index contributed by atoms with van der Waals surface area (Å²) in [5.74, 6) is 0.425. The minimum Gasteiger partial charge on any atom is -0.504 e. The normalized spacial score (nSPS) is 15.2. The Morgan fingerprint density at radius 3 is 2.64 bits per heavy atom. The number of rotatable bonds is 8. The zero-order valence-electron chi connectivity index (χ0n) is 20.2. The second kappa shape index (κ2) is 10.7. The van der Waals surface area contributed by atoms with Gasteiger partial charge < -0.3 is 19.3 Å². The van der Waals surface area contributed by atoms with E-state index in [-0.39, 0.29) is 17.9 Å². The molecule has 0 bridgehead atoms. The first-order valence-electron chi connectivity index (χ1n) is 11.3. The van der Waals surface area contributed by atoms with Crippen molar-refractivity contribution in [1.29, 1.82) is 0 Å². The van der Waals surface area contributed by atoms with Gasteiger partial charge in [-0.05, 0) is 55.3 Å². The van der Waals surface area contributed by atoms with Crippen molar-refractivity contribution in [3.05, 3.63) is 97.2 Å². The molecule has 1 aromatic heterocycles. The van der Waals surface area contributed by atoms with E-state index in [1.807, 2.05) is 12.1 Å². The van der Waals surface area contributed by atoms with Crippen molar-refractivity contribution in [3.8, 4) is 17.2 Å². The van der Waals surface area contributed by atoms with Gasteiger partial charge in [0.2, 0.25) is 0 Å². The molecule has 1 aliphatic rings. The summed E-state index contributed by atoms with van der Waals surface area (Å²) in [6.07, 6.45) is 3.33. The van der Waals surface area contributed by atoms with Crippen LogP contribution in [0.1, 0.15) is 31.0 Å². The van der Waals surface area contributed by atoms with E-state index in [9.17, 15) is 14.7 Å². The van der Waals surface area contributed by atoms with Crippen LogP contribution >= 0.6 is 11.3 Å². The molecule has 2 aromatic carbocycles. The lowest BCUT2D eigenvalue weighted by Gasteiger charge is -2.24. The lowest BCUT2D eigenvalue weighted by Crippen LogP contribution is -2.39. The Morgan fingerprint density at radius 1 is 1.25 bits per heavy atom. The summed E-state index contributed by atoms with van der Waals surface area (Å²) in [6.45, 7) is 7.68. The maximum absolute atomic E-state index is 13.6. The lowest BCUT2D eigenvalue weighted by molar-refractivity contribution is -0.139. The molecule has 1 unspecified atom stereocenters. The number of nitrogens with zero attached hydrogens (tertiary/aromatic N) is 2. The predicted octanol–water partition coefficient (Wildman–Crippen LogP) is 3.08. The Kier molecular flexibility index (Phi) is 7.40. The monoisotopic (exact) mass is 506 g/mol. The summed E-state index contributed by atoms with van der Waals surface area (Å²) >= 11 is 1.21. The molecule has 1 atom stereocenters. The van der Waals surface area contributed by atoms with Crippen LogP contribution in [0.5, 0.6) is 17.2 Å². The number of allylic oxidation sites excluding steroid dienone is 1. The lowest BCUT2D eigenvalue weighted by atomic mass is 9.96. The van der Waals surface area contributed by atoms with Gasteiger partial charge in [-0.25, -0.2) is 9.79 Å². The second-order valence-corrected chi connectivity index (χ2v) is 8.91. The Hall–Kier alpha value is -4.11. The largest absolute Gasteiger partial charge is 0.504 e. The fraction of sp³-hybridized carbons (Fsp3) is 0.222. The average molecular weight is 507 g/mol. The molecule has 0 fully saturated rings. The number of methoxy groups -OCH3 is 1. The van der Waals surface area contributed by atoms with E-state index in [0.29, 0.717) is 49.8 Å². The maximum Gasteiger partial charge on any atom is 0.338 e. The molecular weight excluding hydrogens is 480 g/mol. The summed E-state index contributed by atoms with van der Waals surface area (Å²) < 4.78 is 17.9. The molecule has 0 amide bonds. The molecule has 3 aromatic rings. The predicted molar refractivity (Wildman–Crippen MR) is 137 cm³/mol. The van der Waals surface area contributed by atoms with Gasteiger partial charge in [0.15, 0.2) is 16.3 Å². The molecule has 2 heterocycles. The molecule has 0 aliphatic carbocycles. The number of aromatic hydroxyl groups is 1. The molecule has 0 saturated heterocycles. The number of thiazole rings is 1. The molecule has 186 valence electrons. The molecule has 9 heteroatoms. The number of esters is 1. The number of ether oxygens (including phenoxy) is 3. The van der Waals surface area contributed by atoms with E-state index in [1.54, 1.807) is 50.3 Å². The summed E-state index contributed by atoms with van der Waals surface area (Å²) in [5, 5.41) is 10.1. The zero-order valence-corrected chi connectivity index (χ0v) is 21.0. The van der Waals surface area contributed by atoms with E-state index in [2.05, 4.69) is 11.6 Å². The molecule has 0 radical (unpaired) electrons. The summed E-state index contributed by atoms with van der Waals surface area (Å²) in [7, 11) is 1.47. The number of fused-ring (bicyclic) bond motifs is 1. The van der Waals surface area contributed by atoms with Gasteiger partial charge in [0.05, 0.1) is 35.6 Å². The second-order valence-electron chi connectivity index (χ2n) is 7.90. The summed E-state index contributed by atoms with van der Waals surface area (Å²) in [4.78, 5) is 31.6. The van der Waals surface area contributed by atoms with Crippen LogP contribution in [0.15, 0.2) is 76.2 Å². The Labute approximate surface area is 211 Å². The number of benzene rings is 2. The number of hydrogen-bond donors (Lipinski definition) is 1. The number of carbonyl (C=O) groups excluding carboxylic acids is 1. The Balaban J connectivity index is 1.87. The van der Waals surface area contributed by atoms with Crippen LogP contribution < -0.4 is 24.4 Å². The first-order valence-corrected chi connectivity index (χ1v) is 12.1. The fourth-order valence-electron chi connectivity index (χ4n) is 3.96. The number of phenolic OH excluding ortho intramolecular Hbond substituents is 1. The van der Waals surface area contributed by atoms with E-state index in [1.165, 1.54) is 29.1 Å². The van der Waals surface area contributed by atoms with Crippen LogP contribution in [-0.4, -0.2) is 36.0 Å². The summed E-state index contributed by atoms with van der Waals surface area (Å²) in [5.41, 5.74) is 1.83. The average Bonchev–Trinajstić information content (AvgIpc) is 3.16. The third kappa shape index (κ3) is 4.83. The topological polar surface area (TPSA) is 99.4 Å². The van der Waals surface area contributed by atoms with Gasteiger partial charge in [0.25, 0.3) is 5.56 Å². The number of aromatic nitrogens is 1. The van der Waals surface area contributed by atoms with Crippen LogP contribution in [0.3, 0.4) is 0 Å². The van der Waals surface area contributed by atoms with E-state index >= 15 is 0 Å². The van der Waals surface area contributed by atoms with Gasteiger partial charge in [0, 0.05) is 0 Å². The highest BCUT2D eigenvalue weighted by Crippen LogP contribution is 2.32. The first-order chi connectivity index (χ1) is 17.4. The van der Waals surface area contributed by atoms with Gasteiger partial charge in [-0.3, -0.25) is 9.36 Å². The first kappa shape index (κ1) is 25.0. The van der Waals surface area contributed by atoms with Gasteiger partial charge >= 0.3 is 5.97 Å². The van der Waals surface area contributed by atoms with Crippen molar-refractivity contribution in [2.24, 2.45) is 4.99 Å². The minimum absolute atomic E-state index is 0.0314. The van der Waals surface area contributed by atoms with Crippen LogP contribution in [0.2, 0.25) is 0 Å². The third-order valence-electron chi connectivity index (χ3n) is 5.58. The summed E-state index contributed by atoms with van der Waals surface area (Å²) in [6, 6.07) is 11.4. The van der Waals surface area contributed by atoms with Crippen molar-refractivity contribution in [2.45, 2.75) is 19.9 Å². The van der Waals surface area contributed by atoms with Crippen LogP contribution in [0.4, 0.5) is 0 Å². The minimum atomic E-state index is -0.722. The molecule has 0 saturated carbocycles. The molecule has 1 aliphatic heterocycles. The SMILES string of the molecule is C=CCOc1ccc(C2C(C(=O)OCC)=C(C)N=c3s/c(=C/c4ccc(OC)c(O)c4)c(=O)n32)cc1. The smallest absolute Gasteiger partial charge is 0.338 e. The van der Waals surface area contributed by atoms with Crippen molar-refractivity contribution in [2.75, 3.05) is 20.3 Å². The highest BCUT2D eigenvalue weighted by atomic mass is 32.1. The van der Waals surface area contributed by atoms with E-state index < -0.39 is 12.0 Å². The van der Waals surface area contributed by atoms with Crippen molar-refractivity contribution in [1.82, 2.24) is 4.57 Å². The quantitative estimate of drug-likeness (QED) is 0.372. The molecule has 1 N–H and O–H groups in total. The Morgan fingerprint density at radius 2 is 2.00 bits per heavy atom. The van der Waals surface area contributed by atoms with Crippen molar-refractivity contribution < 1.29 is 24.1 Å². The van der Waals surface area contributed by atoms with Crippen molar-refractivity contribution in [3.63, 3.8) is 0 Å². The number of carbonyl (C=O) groups is 1. The standard InChI is InChI=1S/C27H26N2O6S/c1-5-13-35-19-10-8-18(9-11-19)24-23(26(32)34-6-2)16(3)28-27-29(24)25(31)22(36-27)15-17-7-12-21(33-4)20(30)14-17/h5,7-12,14-15,24,30H,1,6,13H2,2-4H3/b22-15+. The molecular formula is C27H26N2O6S. The van der Waals surface area contributed by atoms with Crippen molar-refractivity contribution >= 4 is 23.4 Å². The highest BCUT2D eigenvalue weighted by molar-refractivity contribution is 7.07. The number of hydrogen-bond acceptors (Lipinski definition) is 8. The Bertz CT molecular complexity index is 1520. The number of phenols is 1. The zero-order chi connectivity index (χ0) is 25.8. The van der Waals surface area contributed by atoms with Crippen LogP contribution in [-0.2, 0) is 9.53 Å². The fourth-order valence-corrected chi connectivity index (χ4v) is 5.00. The molecule has 36 heavy (non-hydrogen) atoms. The van der Waals surface area contributed by atoms with Crippen LogP contribution in [0.25, 0.3) is 6.08 Å². The molecule has 4 rings (SSSR count). The maximum atomic E-state index is 13.6. The van der Waals surface area contributed by atoms with Gasteiger partial charge in [-0.15, -0.1) is 0 Å². The van der Waals surface area contributed by atoms with E-state index in [0.717, 1.165) is 0 Å². The van der Waals surface area contributed by atoms with Gasteiger partial charge in [0.1, 0.15) is 12.4 Å². The van der Waals surface area contributed by atoms with Gasteiger partial charge in [-0.2, -0.15) is 0 Å². The highest BCUT2D eigenvalue weighted by Gasteiger charge is 2.33. The molecule has 8 nitrogen and oxygen atoms in total. The third-order valence-corrected chi connectivity index (χ3v) is 6.56.